The van der Waals surface area contributed by atoms with Gasteiger partial charge in [-0.2, -0.15) is 0 Å². The van der Waals surface area contributed by atoms with Crippen LogP contribution in [-0.4, -0.2) is 53.3 Å². The SMILES string of the molecule is CC1(C(=O)N2C[C@@H]3CCN(C(=O)CC(N)Cc4cc(F)c(F)cc4F)[C@@H]3C2)CC1. The molecule has 2 saturated heterocycles. The number of rotatable bonds is 5. The minimum absolute atomic E-state index is 0.000928. The van der Waals surface area contributed by atoms with Crippen LogP contribution >= 0.6 is 0 Å². The lowest BCUT2D eigenvalue weighted by Gasteiger charge is -2.27. The first-order valence-corrected chi connectivity index (χ1v) is 10.2. The molecule has 2 heterocycles. The Morgan fingerprint density at radius 3 is 2.55 bits per heavy atom. The first-order valence-electron chi connectivity index (χ1n) is 10.2. The van der Waals surface area contributed by atoms with Gasteiger partial charge in [0.15, 0.2) is 11.6 Å². The highest BCUT2D eigenvalue weighted by Gasteiger charge is 2.52. The highest BCUT2D eigenvalue weighted by Crippen LogP contribution is 2.47. The Bertz CT molecular complexity index is 843. The molecule has 0 spiro atoms. The summed E-state index contributed by atoms with van der Waals surface area (Å²) in [7, 11) is 0. The van der Waals surface area contributed by atoms with E-state index in [4.69, 9.17) is 5.73 Å². The van der Waals surface area contributed by atoms with E-state index in [-0.39, 0.29) is 47.6 Å². The summed E-state index contributed by atoms with van der Waals surface area (Å²) in [5.74, 6) is -2.93. The Balaban J connectivity index is 1.35. The lowest BCUT2D eigenvalue weighted by Crippen LogP contribution is -2.43. The van der Waals surface area contributed by atoms with Gasteiger partial charge in [0.25, 0.3) is 0 Å². The summed E-state index contributed by atoms with van der Waals surface area (Å²) in [6.07, 6.45) is 2.64. The van der Waals surface area contributed by atoms with E-state index in [1.54, 1.807) is 4.90 Å². The van der Waals surface area contributed by atoms with Gasteiger partial charge in [0, 0.05) is 49.5 Å². The minimum atomic E-state index is -1.25. The Morgan fingerprint density at radius 1 is 1.17 bits per heavy atom. The van der Waals surface area contributed by atoms with Gasteiger partial charge in [-0.3, -0.25) is 9.59 Å². The van der Waals surface area contributed by atoms with Crippen LogP contribution in [0.2, 0.25) is 0 Å². The molecule has 1 aliphatic carbocycles. The van der Waals surface area contributed by atoms with Gasteiger partial charge in [-0.05, 0) is 37.3 Å². The largest absolute Gasteiger partial charge is 0.340 e. The van der Waals surface area contributed by atoms with Crippen molar-refractivity contribution in [2.24, 2.45) is 17.1 Å². The van der Waals surface area contributed by atoms with Gasteiger partial charge < -0.3 is 15.5 Å². The first-order chi connectivity index (χ1) is 13.7. The van der Waals surface area contributed by atoms with Gasteiger partial charge in [0.05, 0.1) is 6.04 Å². The molecule has 5 nitrogen and oxygen atoms in total. The molecule has 2 aliphatic heterocycles. The molecule has 3 fully saturated rings. The Hall–Kier alpha value is -2.09. The molecule has 3 aliphatic rings. The van der Waals surface area contributed by atoms with Gasteiger partial charge in [-0.25, -0.2) is 13.2 Å². The summed E-state index contributed by atoms with van der Waals surface area (Å²) in [6, 6.07) is 0.584. The zero-order chi connectivity index (χ0) is 20.9. The zero-order valence-corrected chi connectivity index (χ0v) is 16.5. The number of carbonyl (C=O) groups is 2. The molecule has 158 valence electrons. The van der Waals surface area contributed by atoms with Crippen molar-refractivity contribution in [1.82, 2.24) is 9.80 Å². The molecule has 29 heavy (non-hydrogen) atoms. The van der Waals surface area contributed by atoms with E-state index >= 15 is 0 Å². The van der Waals surface area contributed by atoms with Crippen molar-refractivity contribution in [3.63, 3.8) is 0 Å². The molecular formula is C21H26F3N3O2. The maximum atomic E-state index is 13.8. The average Bonchev–Trinajstić information content (AvgIpc) is 3.09. The molecule has 2 N–H and O–H groups in total. The third kappa shape index (κ3) is 3.86. The Morgan fingerprint density at radius 2 is 1.86 bits per heavy atom. The summed E-state index contributed by atoms with van der Waals surface area (Å²) in [5.41, 5.74) is 5.75. The van der Waals surface area contributed by atoms with Gasteiger partial charge >= 0.3 is 0 Å². The Labute approximate surface area is 168 Å². The predicted molar refractivity (Wildman–Crippen MR) is 100 cm³/mol. The lowest BCUT2D eigenvalue weighted by molar-refractivity contribution is -0.137. The second-order valence-electron chi connectivity index (χ2n) is 9.00. The fourth-order valence-electron chi connectivity index (χ4n) is 4.64. The normalized spacial score (nSPS) is 25.8. The molecule has 0 radical (unpaired) electrons. The van der Waals surface area contributed by atoms with Crippen LogP contribution in [0.1, 0.15) is 38.2 Å². The standard InChI is InChI=1S/C21H26F3N3O2/c1-21(3-4-21)20(29)26-10-12-2-5-27(18(12)11-26)19(28)8-14(25)6-13-7-16(23)17(24)9-15(13)22/h7,9,12,14,18H,2-6,8,10-11,25H2,1H3/t12-,14?,18+/m0/s1. The van der Waals surface area contributed by atoms with Crippen molar-refractivity contribution in [1.29, 1.82) is 0 Å². The summed E-state index contributed by atoms with van der Waals surface area (Å²) < 4.78 is 40.3. The molecule has 2 amide bonds. The number of nitrogens with zero attached hydrogens (tertiary/aromatic N) is 2. The molecular weight excluding hydrogens is 383 g/mol. The molecule has 4 rings (SSSR count). The van der Waals surface area contributed by atoms with Crippen molar-refractivity contribution < 1.29 is 22.8 Å². The molecule has 3 atom stereocenters. The van der Waals surface area contributed by atoms with Crippen LogP contribution in [0.5, 0.6) is 0 Å². The first kappa shape index (κ1) is 20.2. The number of halogens is 3. The summed E-state index contributed by atoms with van der Waals surface area (Å²) in [5, 5.41) is 0. The maximum Gasteiger partial charge on any atom is 0.228 e. The lowest BCUT2D eigenvalue weighted by atomic mass is 10.0. The number of amides is 2. The zero-order valence-electron chi connectivity index (χ0n) is 16.5. The number of hydrogen-bond acceptors (Lipinski definition) is 3. The number of benzene rings is 1. The van der Waals surface area contributed by atoms with Crippen LogP contribution in [0.15, 0.2) is 12.1 Å². The van der Waals surface area contributed by atoms with Gasteiger partial charge in [0.2, 0.25) is 11.8 Å². The molecule has 1 unspecified atom stereocenters. The smallest absolute Gasteiger partial charge is 0.228 e. The van der Waals surface area contributed by atoms with Crippen molar-refractivity contribution in [2.45, 2.75) is 51.1 Å². The second kappa shape index (κ2) is 7.31. The Kier molecular flexibility index (Phi) is 5.09. The predicted octanol–water partition coefficient (Wildman–Crippen LogP) is 2.22. The van der Waals surface area contributed by atoms with Crippen LogP contribution < -0.4 is 5.73 Å². The minimum Gasteiger partial charge on any atom is -0.340 e. The number of hydrogen-bond donors (Lipinski definition) is 1. The van der Waals surface area contributed by atoms with Crippen molar-refractivity contribution in [2.75, 3.05) is 19.6 Å². The number of carbonyl (C=O) groups excluding carboxylic acids is 2. The van der Waals surface area contributed by atoms with E-state index in [2.05, 4.69) is 0 Å². The summed E-state index contributed by atoms with van der Waals surface area (Å²) in [6.45, 7) is 3.86. The summed E-state index contributed by atoms with van der Waals surface area (Å²) in [4.78, 5) is 29.1. The number of likely N-dealkylation sites (tertiary alicyclic amines) is 2. The quantitative estimate of drug-likeness (QED) is 0.759. The van der Waals surface area contributed by atoms with Gasteiger partial charge in [-0.15, -0.1) is 0 Å². The third-order valence-corrected chi connectivity index (χ3v) is 6.68. The maximum absolute atomic E-state index is 13.8. The van der Waals surface area contributed by atoms with Crippen LogP contribution in [0.3, 0.4) is 0 Å². The van der Waals surface area contributed by atoms with E-state index in [9.17, 15) is 22.8 Å². The molecule has 1 aromatic rings. The van der Waals surface area contributed by atoms with Crippen molar-refractivity contribution in [3.8, 4) is 0 Å². The van der Waals surface area contributed by atoms with Gasteiger partial charge in [-0.1, -0.05) is 6.92 Å². The van der Waals surface area contributed by atoms with Crippen LogP contribution in [0.25, 0.3) is 0 Å². The van der Waals surface area contributed by atoms with E-state index in [1.165, 1.54) is 0 Å². The van der Waals surface area contributed by atoms with Crippen molar-refractivity contribution in [3.05, 3.63) is 35.1 Å². The van der Waals surface area contributed by atoms with E-state index in [0.29, 0.717) is 25.7 Å². The van der Waals surface area contributed by atoms with E-state index in [0.717, 1.165) is 25.3 Å². The van der Waals surface area contributed by atoms with Crippen LogP contribution in [0.4, 0.5) is 13.2 Å². The fraction of sp³-hybridized carbons (Fsp3) is 0.619. The van der Waals surface area contributed by atoms with E-state index in [1.807, 2.05) is 11.8 Å². The van der Waals surface area contributed by atoms with E-state index < -0.39 is 23.5 Å². The van der Waals surface area contributed by atoms with Crippen molar-refractivity contribution >= 4 is 11.8 Å². The highest BCUT2D eigenvalue weighted by atomic mass is 19.2. The van der Waals surface area contributed by atoms with Crippen LogP contribution in [0, 0.1) is 28.8 Å². The van der Waals surface area contributed by atoms with Gasteiger partial charge in [0.1, 0.15) is 5.82 Å². The second-order valence-corrected chi connectivity index (χ2v) is 9.00. The fourth-order valence-corrected chi connectivity index (χ4v) is 4.64. The van der Waals surface area contributed by atoms with Crippen LogP contribution in [-0.2, 0) is 16.0 Å². The molecule has 0 bridgehead atoms. The average molecular weight is 409 g/mol. The number of nitrogens with two attached hydrogens (primary N) is 1. The topological polar surface area (TPSA) is 66.6 Å². The molecule has 8 heteroatoms. The number of fused-ring (bicyclic) bond motifs is 1. The highest BCUT2D eigenvalue weighted by molar-refractivity contribution is 5.85. The summed E-state index contributed by atoms with van der Waals surface area (Å²) >= 11 is 0. The molecule has 1 saturated carbocycles. The third-order valence-electron chi connectivity index (χ3n) is 6.68. The molecule has 0 aromatic heterocycles. The monoisotopic (exact) mass is 409 g/mol. The molecule has 1 aromatic carbocycles.